The van der Waals surface area contributed by atoms with Crippen molar-refractivity contribution in [3.63, 3.8) is 0 Å². The van der Waals surface area contributed by atoms with E-state index < -0.39 is 17.9 Å². The fourth-order valence-corrected chi connectivity index (χ4v) is 3.46. The summed E-state index contributed by atoms with van der Waals surface area (Å²) in [7, 11) is 0. The number of rotatable bonds is 10. The molecule has 1 aliphatic carbocycles. The van der Waals surface area contributed by atoms with E-state index >= 15 is 0 Å². The van der Waals surface area contributed by atoms with Crippen molar-refractivity contribution in [2.45, 2.75) is 77.3 Å². The molecule has 1 aliphatic rings. The molecule has 188 valence electrons. The van der Waals surface area contributed by atoms with Crippen LogP contribution in [0.4, 0.5) is 0 Å². The standard InChI is InChI=1S/C8H15NO2.C8H9NO2.C8H17NO2/c2*9-5-6-1-3-7(4-2-6)8(10)11;1-2-4-7(9)5-3-6-8(10)11/h6-7H,1-5,9H2,(H,10,11);1-4H,5,9H2,(H,10,11);7H,2-6,9H2,1H3,(H,10,11). The molecule has 9 nitrogen and oxygen atoms in total. The molecule has 1 atom stereocenters. The number of hydrogen-bond donors (Lipinski definition) is 6. The van der Waals surface area contributed by atoms with Crippen LogP contribution >= 0.6 is 0 Å². The zero-order chi connectivity index (χ0) is 25.2. The Labute approximate surface area is 196 Å². The Morgan fingerprint density at radius 3 is 1.94 bits per heavy atom. The fourth-order valence-electron chi connectivity index (χ4n) is 3.46. The molecule has 2 rings (SSSR count). The summed E-state index contributed by atoms with van der Waals surface area (Å²) in [4.78, 5) is 31.0. The van der Waals surface area contributed by atoms with Crippen LogP contribution in [-0.4, -0.2) is 45.8 Å². The number of hydrogen-bond acceptors (Lipinski definition) is 6. The highest BCUT2D eigenvalue weighted by Gasteiger charge is 2.24. The maximum atomic E-state index is 10.5. The van der Waals surface area contributed by atoms with Gasteiger partial charge in [0, 0.05) is 19.0 Å². The molecule has 0 radical (unpaired) electrons. The summed E-state index contributed by atoms with van der Waals surface area (Å²) < 4.78 is 0. The van der Waals surface area contributed by atoms with Crippen LogP contribution in [0.25, 0.3) is 0 Å². The van der Waals surface area contributed by atoms with Crippen LogP contribution in [0.5, 0.6) is 0 Å². The number of benzene rings is 1. The Balaban J connectivity index is 0.000000465. The largest absolute Gasteiger partial charge is 0.481 e. The highest BCUT2D eigenvalue weighted by atomic mass is 16.4. The lowest BCUT2D eigenvalue weighted by atomic mass is 9.82. The topological polar surface area (TPSA) is 190 Å². The minimum absolute atomic E-state index is 0.0993. The van der Waals surface area contributed by atoms with E-state index in [4.69, 9.17) is 32.5 Å². The van der Waals surface area contributed by atoms with Gasteiger partial charge in [-0.2, -0.15) is 0 Å². The predicted molar refractivity (Wildman–Crippen MR) is 128 cm³/mol. The van der Waals surface area contributed by atoms with Crippen molar-refractivity contribution in [2.24, 2.45) is 29.0 Å². The Kier molecular flexibility index (Phi) is 16.6. The smallest absolute Gasteiger partial charge is 0.335 e. The number of nitrogens with two attached hydrogens (primary N) is 3. The Morgan fingerprint density at radius 2 is 1.55 bits per heavy atom. The zero-order valence-electron chi connectivity index (χ0n) is 19.6. The molecular formula is C24H41N3O6. The SMILES string of the molecule is CCCC(N)CCCC(=O)O.NCC1CCC(C(=O)O)CC1.NCc1ccc(C(=O)O)cc1. The molecule has 1 aromatic rings. The second-order valence-corrected chi connectivity index (χ2v) is 8.33. The van der Waals surface area contributed by atoms with E-state index in [0.29, 0.717) is 31.0 Å². The fraction of sp³-hybridized carbons (Fsp3) is 0.625. The minimum Gasteiger partial charge on any atom is -0.481 e. The van der Waals surface area contributed by atoms with Gasteiger partial charge in [0.2, 0.25) is 0 Å². The van der Waals surface area contributed by atoms with E-state index in [-0.39, 0.29) is 18.4 Å². The molecule has 0 heterocycles. The molecule has 9 N–H and O–H groups in total. The zero-order valence-corrected chi connectivity index (χ0v) is 19.6. The third-order valence-corrected chi connectivity index (χ3v) is 5.59. The molecule has 1 unspecified atom stereocenters. The van der Waals surface area contributed by atoms with Gasteiger partial charge in [0.25, 0.3) is 0 Å². The van der Waals surface area contributed by atoms with E-state index in [2.05, 4.69) is 6.92 Å². The van der Waals surface area contributed by atoms with E-state index in [0.717, 1.165) is 50.5 Å². The molecule has 1 aromatic carbocycles. The first-order valence-corrected chi connectivity index (χ1v) is 11.6. The molecule has 0 spiro atoms. The van der Waals surface area contributed by atoms with Gasteiger partial charge < -0.3 is 32.5 Å². The van der Waals surface area contributed by atoms with Crippen LogP contribution in [0.1, 0.15) is 80.6 Å². The summed E-state index contributed by atoms with van der Waals surface area (Å²) >= 11 is 0. The van der Waals surface area contributed by atoms with Crippen molar-refractivity contribution in [1.82, 2.24) is 0 Å². The average Bonchev–Trinajstić information content (AvgIpc) is 2.80. The number of aromatic carboxylic acids is 1. The molecule has 0 bridgehead atoms. The van der Waals surface area contributed by atoms with Gasteiger partial charge in [-0.05, 0) is 75.1 Å². The highest BCUT2D eigenvalue weighted by molar-refractivity contribution is 5.87. The quantitative estimate of drug-likeness (QED) is 0.300. The second kappa shape index (κ2) is 18.0. The van der Waals surface area contributed by atoms with E-state index in [9.17, 15) is 14.4 Å². The van der Waals surface area contributed by atoms with E-state index in [1.807, 2.05) is 0 Å². The molecule has 33 heavy (non-hydrogen) atoms. The molecule has 0 amide bonds. The number of carboxylic acids is 3. The predicted octanol–water partition coefficient (Wildman–Crippen LogP) is 3.05. The third-order valence-electron chi connectivity index (χ3n) is 5.59. The molecular weight excluding hydrogens is 426 g/mol. The molecule has 0 aliphatic heterocycles. The first kappa shape index (κ1) is 30.5. The van der Waals surface area contributed by atoms with Crippen molar-refractivity contribution in [2.75, 3.05) is 6.54 Å². The van der Waals surface area contributed by atoms with Gasteiger partial charge in [0.05, 0.1) is 11.5 Å². The third kappa shape index (κ3) is 15.1. The van der Waals surface area contributed by atoms with Crippen molar-refractivity contribution < 1.29 is 29.7 Å². The summed E-state index contributed by atoms with van der Waals surface area (Å²) in [5.74, 6) is -1.80. The molecule has 0 aromatic heterocycles. The molecule has 1 saturated carbocycles. The first-order valence-electron chi connectivity index (χ1n) is 11.6. The second-order valence-electron chi connectivity index (χ2n) is 8.33. The Morgan fingerprint density at radius 1 is 0.970 bits per heavy atom. The van der Waals surface area contributed by atoms with E-state index in [1.165, 1.54) is 0 Å². The minimum atomic E-state index is -0.909. The van der Waals surface area contributed by atoms with Gasteiger partial charge >= 0.3 is 17.9 Å². The van der Waals surface area contributed by atoms with Gasteiger partial charge in [-0.3, -0.25) is 9.59 Å². The van der Waals surface area contributed by atoms with Gasteiger partial charge in [-0.1, -0.05) is 25.5 Å². The average molecular weight is 468 g/mol. The van der Waals surface area contributed by atoms with Crippen LogP contribution < -0.4 is 17.2 Å². The van der Waals surface area contributed by atoms with Crippen LogP contribution in [0.3, 0.4) is 0 Å². The lowest BCUT2D eigenvalue weighted by molar-refractivity contribution is -0.143. The van der Waals surface area contributed by atoms with Crippen molar-refractivity contribution >= 4 is 17.9 Å². The van der Waals surface area contributed by atoms with Gasteiger partial charge in [0.15, 0.2) is 0 Å². The maximum Gasteiger partial charge on any atom is 0.335 e. The van der Waals surface area contributed by atoms with Crippen LogP contribution in [-0.2, 0) is 16.1 Å². The van der Waals surface area contributed by atoms with Gasteiger partial charge in [0.1, 0.15) is 0 Å². The Hall–Kier alpha value is -2.49. The summed E-state index contributed by atoms with van der Waals surface area (Å²) in [5.41, 5.74) is 17.7. The normalized spacial score (nSPS) is 18.1. The van der Waals surface area contributed by atoms with Gasteiger partial charge in [-0.15, -0.1) is 0 Å². The molecule has 0 saturated heterocycles. The lowest BCUT2D eigenvalue weighted by Crippen LogP contribution is -2.25. The summed E-state index contributed by atoms with van der Waals surface area (Å²) in [6.45, 7) is 3.24. The first-order chi connectivity index (χ1) is 15.6. The van der Waals surface area contributed by atoms with Crippen LogP contribution in [0, 0.1) is 11.8 Å². The highest BCUT2D eigenvalue weighted by Crippen LogP contribution is 2.27. The summed E-state index contributed by atoms with van der Waals surface area (Å²) in [6.07, 6.45) is 7.48. The van der Waals surface area contributed by atoms with Gasteiger partial charge in [-0.25, -0.2) is 4.79 Å². The monoisotopic (exact) mass is 467 g/mol. The van der Waals surface area contributed by atoms with Crippen LogP contribution in [0.15, 0.2) is 24.3 Å². The van der Waals surface area contributed by atoms with Crippen molar-refractivity contribution in [3.05, 3.63) is 35.4 Å². The number of carboxylic acid groups (broad SMARTS) is 3. The van der Waals surface area contributed by atoms with Crippen molar-refractivity contribution in [3.8, 4) is 0 Å². The summed E-state index contributed by atoms with van der Waals surface area (Å²) in [6, 6.07) is 6.71. The molecule has 1 fully saturated rings. The Bertz CT molecular complexity index is 688. The van der Waals surface area contributed by atoms with E-state index in [1.54, 1.807) is 24.3 Å². The number of carbonyl (C=O) groups is 3. The lowest BCUT2D eigenvalue weighted by Gasteiger charge is -2.24. The summed E-state index contributed by atoms with van der Waals surface area (Å²) in [5, 5.41) is 25.5. The maximum absolute atomic E-state index is 10.5. The van der Waals surface area contributed by atoms with Crippen molar-refractivity contribution in [1.29, 1.82) is 0 Å². The molecule has 9 heteroatoms. The van der Waals surface area contributed by atoms with Crippen LogP contribution in [0.2, 0.25) is 0 Å². The number of aliphatic carboxylic acids is 2.